The van der Waals surface area contributed by atoms with Crippen LogP contribution < -0.4 is 4.90 Å². The van der Waals surface area contributed by atoms with Crippen molar-refractivity contribution in [3.05, 3.63) is 27.3 Å². The third kappa shape index (κ3) is 3.72. The molecule has 2 rings (SSSR count). The van der Waals surface area contributed by atoms with E-state index in [0.29, 0.717) is 6.42 Å². The van der Waals surface area contributed by atoms with Crippen molar-refractivity contribution >= 4 is 51.1 Å². The number of nitrogens with zero attached hydrogens (tertiary/aromatic N) is 1. The average Bonchev–Trinajstić information content (AvgIpc) is 2.68. The molecular weight excluding hydrogens is 373 g/mol. The molecule has 0 N–H and O–H groups in total. The van der Waals surface area contributed by atoms with E-state index in [-0.39, 0.29) is 16.9 Å². The van der Waals surface area contributed by atoms with Crippen LogP contribution in [-0.4, -0.2) is 23.3 Å². The van der Waals surface area contributed by atoms with Crippen molar-refractivity contribution in [1.29, 1.82) is 0 Å². The van der Waals surface area contributed by atoms with E-state index >= 15 is 0 Å². The summed E-state index contributed by atoms with van der Waals surface area (Å²) < 4.78 is 1.18. The molecular formula is C14H16INO2S. The minimum atomic E-state index is 0.122. The van der Waals surface area contributed by atoms with Crippen LogP contribution in [0.15, 0.2) is 18.2 Å². The fourth-order valence-corrected chi connectivity index (χ4v) is 3.62. The Kier molecular flexibility index (Phi) is 4.89. The van der Waals surface area contributed by atoms with Crippen LogP contribution in [0.2, 0.25) is 0 Å². The number of carbonyl (C=O) groups excluding carboxylic acids is 2. The van der Waals surface area contributed by atoms with Crippen molar-refractivity contribution in [3.8, 4) is 0 Å². The van der Waals surface area contributed by atoms with Crippen molar-refractivity contribution in [2.75, 3.05) is 17.2 Å². The maximum Gasteiger partial charge on any atom is 0.227 e. The van der Waals surface area contributed by atoms with Crippen LogP contribution in [0.3, 0.4) is 0 Å². The van der Waals surface area contributed by atoms with Gasteiger partial charge in [-0.05, 0) is 59.2 Å². The van der Waals surface area contributed by atoms with Crippen LogP contribution in [0.5, 0.6) is 0 Å². The molecule has 1 fully saturated rings. The van der Waals surface area contributed by atoms with Crippen LogP contribution in [-0.2, 0) is 9.59 Å². The van der Waals surface area contributed by atoms with Gasteiger partial charge in [-0.15, -0.1) is 0 Å². The van der Waals surface area contributed by atoms with Gasteiger partial charge in [0.15, 0.2) is 5.12 Å². The fourth-order valence-electron chi connectivity index (χ4n) is 2.28. The van der Waals surface area contributed by atoms with Crippen molar-refractivity contribution < 1.29 is 9.59 Å². The van der Waals surface area contributed by atoms with Gasteiger partial charge >= 0.3 is 0 Å². The first kappa shape index (κ1) is 14.8. The Labute approximate surface area is 131 Å². The summed E-state index contributed by atoms with van der Waals surface area (Å²) in [6, 6.07) is 6.12. The number of aryl methyl sites for hydroxylation is 1. The standard InChI is InChI=1S/C14H16INO2S/c1-9-5-12(15)3-4-13(9)16-7-11(6-14(16)18)8-19-10(2)17/h3-5,11H,6-8H2,1-2H3. The Morgan fingerprint density at radius 3 is 2.89 bits per heavy atom. The molecule has 0 bridgehead atoms. The zero-order valence-corrected chi connectivity index (χ0v) is 14.0. The van der Waals surface area contributed by atoms with E-state index in [2.05, 4.69) is 28.7 Å². The zero-order chi connectivity index (χ0) is 14.0. The monoisotopic (exact) mass is 389 g/mol. The lowest BCUT2D eigenvalue weighted by molar-refractivity contribution is -0.117. The molecule has 0 radical (unpaired) electrons. The zero-order valence-electron chi connectivity index (χ0n) is 11.0. The predicted octanol–water partition coefficient (Wildman–Crippen LogP) is 3.23. The summed E-state index contributed by atoms with van der Waals surface area (Å²) >= 11 is 3.59. The highest BCUT2D eigenvalue weighted by atomic mass is 127. The molecule has 3 nitrogen and oxygen atoms in total. The number of carbonyl (C=O) groups is 2. The summed E-state index contributed by atoms with van der Waals surface area (Å²) in [5.74, 6) is 1.18. The highest BCUT2D eigenvalue weighted by Gasteiger charge is 2.31. The summed E-state index contributed by atoms with van der Waals surface area (Å²) in [7, 11) is 0. The molecule has 102 valence electrons. The summed E-state index contributed by atoms with van der Waals surface area (Å²) in [5, 5.41) is 0.122. The molecule has 1 atom stereocenters. The SMILES string of the molecule is CC(=O)SCC1CC(=O)N(c2ccc(I)cc2C)C1. The fraction of sp³-hybridized carbons (Fsp3) is 0.429. The number of benzene rings is 1. The highest BCUT2D eigenvalue weighted by molar-refractivity contribution is 14.1. The third-order valence-electron chi connectivity index (χ3n) is 3.18. The molecule has 1 saturated heterocycles. The second-order valence-electron chi connectivity index (χ2n) is 4.81. The first-order valence-electron chi connectivity index (χ1n) is 6.17. The molecule has 1 heterocycles. The van der Waals surface area contributed by atoms with E-state index in [1.54, 1.807) is 6.92 Å². The van der Waals surface area contributed by atoms with Crippen molar-refractivity contribution in [2.24, 2.45) is 5.92 Å². The maximum absolute atomic E-state index is 12.1. The summed E-state index contributed by atoms with van der Waals surface area (Å²) in [5.41, 5.74) is 2.13. The van der Waals surface area contributed by atoms with Crippen LogP contribution in [0.4, 0.5) is 5.69 Å². The average molecular weight is 389 g/mol. The number of hydrogen-bond acceptors (Lipinski definition) is 3. The lowest BCUT2D eigenvalue weighted by Crippen LogP contribution is -2.25. The second-order valence-corrected chi connectivity index (χ2v) is 7.25. The van der Waals surface area contributed by atoms with E-state index in [9.17, 15) is 9.59 Å². The number of anilines is 1. The maximum atomic E-state index is 12.1. The van der Waals surface area contributed by atoms with Gasteiger partial charge in [-0.25, -0.2) is 0 Å². The number of rotatable bonds is 3. The molecule has 1 aliphatic heterocycles. The third-order valence-corrected chi connectivity index (χ3v) is 4.89. The van der Waals surface area contributed by atoms with Gasteiger partial charge in [-0.2, -0.15) is 0 Å². The van der Waals surface area contributed by atoms with Gasteiger partial charge in [-0.1, -0.05) is 11.8 Å². The molecule has 1 unspecified atom stereocenters. The topological polar surface area (TPSA) is 37.4 Å². The van der Waals surface area contributed by atoms with Gasteiger partial charge in [0.05, 0.1) is 0 Å². The number of hydrogen-bond donors (Lipinski definition) is 0. The van der Waals surface area contributed by atoms with Crippen LogP contribution in [0, 0.1) is 16.4 Å². The molecule has 19 heavy (non-hydrogen) atoms. The molecule has 1 aliphatic rings. The van der Waals surface area contributed by atoms with Gasteiger partial charge in [0.25, 0.3) is 0 Å². The molecule has 1 amide bonds. The number of thioether (sulfide) groups is 1. The second kappa shape index (κ2) is 6.26. The molecule has 1 aromatic carbocycles. The summed E-state index contributed by atoms with van der Waals surface area (Å²) in [4.78, 5) is 24.9. The van der Waals surface area contributed by atoms with Crippen molar-refractivity contribution in [2.45, 2.75) is 20.3 Å². The molecule has 0 spiro atoms. The van der Waals surface area contributed by atoms with Crippen molar-refractivity contribution in [1.82, 2.24) is 0 Å². The van der Waals surface area contributed by atoms with E-state index in [0.717, 1.165) is 23.5 Å². The molecule has 1 aromatic rings. The van der Waals surface area contributed by atoms with Crippen LogP contribution in [0.1, 0.15) is 18.9 Å². The Balaban J connectivity index is 2.09. The smallest absolute Gasteiger partial charge is 0.227 e. The summed E-state index contributed by atoms with van der Waals surface area (Å²) in [6.45, 7) is 4.32. The van der Waals surface area contributed by atoms with Crippen LogP contribution in [0.25, 0.3) is 0 Å². The van der Waals surface area contributed by atoms with E-state index in [1.165, 1.54) is 15.3 Å². The minimum Gasteiger partial charge on any atom is -0.312 e. The van der Waals surface area contributed by atoms with Gasteiger partial charge in [0.2, 0.25) is 5.91 Å². The van der Waals surface area contributed by atoms with E-state index in [4.69, 9.17) is 0 Å². The van der Waals surface area contributed by atoms with Crippen molar-refractivity contribution in [3.63, 3.8) is 0 Å². The van der Waals surface area contributed by atoms with Gasteiger partial charge < -0.3 is 4.90 Å². The van der Waals surface area contributed by atoms with Gasteiger partial charge in [0.1, 0.15) is 0 Å². The lowest BCUT2D eigenvalue weighted by atomic mass is 10.1. The predicted molar refractivity (Wildman–Crippen MR) is 87.5 cm³/mol. The molecule has 0 aromatic heterocycles. The lowest BCUT2D eigenvalue weighted by Gasteiger charge is -2.19. The Morgan fingerprint density at radius 2 is 2.26 bits per heavy atom. The Morgan fingerprint density at radius 1 is 1.53 bits per heavy atom. The van der Waals surface area contributed by atoms with Gasteiger partial charge in [0, 0.05) is 34.9 Å². The number of halogens is 1. The van der Waals surface area contributed by atoms with E-state index < -0.39 is 0 Å². The van der Waals surface area contributed by atoms with Gasteiger partial charge in [-0.3, -0.25) is 9.59 Å². The highest BCUT2D eigenvalue weighted by Crippen LogP contribution is 2.30. The Bertz CT molecular complexity index is 518. The normalized spacial score (nSPS) is 19.0. The molecule has 0 aliphatic carbocycles. The Hall–Kier alpha value is -0.560. The molecule has 0 saturated carbocycles. The van der Waals surface area contributed by atoms with E-state index in [1.807, 2.05) is 24.0 Å². The summed E-state index contributed by atoms with van der Waals surface area (Å²) in [6.07, 6.45) is 0.547. The minimum absolute atomic E-state index is 0.122. The largest absolute Gasteiger partial charge is 0.312 e. The first-order valence-corrected chi connectivity index (χ1v) is 8.23. The quantitative estimate of drug-likeness (QED) is 0.745. The number of amides is 1. The molecule has 5 heteroatoms. The first-order chi connectivity index (χ1) is 8.97. The van der Waals surface area contributed by atoms with Crippen LogP contribution >= 0.6 is 34.4 Å².